The highest BCUT2D eigenvalue weighted by atomic mass is 16.5. The number of methoxy groups -OCH3 is 1. The Hall–Kier alpha value is -2.87. The normalized spacial score (nSPS) is 18.1. The van der Waals surface area contributed by atoms with Gasteiger partial charge in [-0.25, -0.2) is 19.2 Å². The highest BCUT2D eigenvalue weighted by Gasteiger charge is 2.24. The Morgan fingerprint density at radius 3 is 2.72 bits per heavy atom. The van der Waals surface area contributed by atoms with E-state index < -0.39 is 0 Å². The first-order valence-electron chi connectivity index (χ1n) is 11.8. The molecule has 32 heavy (non-hydrogen) atoms. The van der Waals surface area contributed by atoms with E-state index in [1.165, 1.54) is 19.3 Å². The molecule has 0 amide bonds. The molecule has 0 spiro atoms. The monoisotopic (exact) mass is 436 g/mol. The summed E-state index contributed by atoms with van der Waals surface area (Å²) in [4.78, 5) is 28.1. The third kappa shape index (κ3) is 3.88. The van der Waals surface area contributed by atoms with E-state index in [1.54, 1.807) is 11.5 Å². The van der Waals surface area contributed by atoms with Crippen molar-refractivity contribution in [1.29, 1.82) is 0 Å². The Kier molecular flexibility index (Phi) is 5.87. The van der Waals surface area contributed by atoms with Gasteiger partial charge in [0.15, 0.2) is 5.65 Å². The number of imidazole rings is 1. The number of nitrogens with one attached hydrogen (secondary N) is 2. The second-order valence-corrected chi connectivity index (χ2v) is 8.92. The van der Waals surface area contributed by atoms with Crippen molar-refractivity contribution in [2.24, 2.45) is 0 Å². The maximum atomic E-state index is 13.2. The molecule has 2 aliphatic rings. The van der Waals surface area contributed by atoms with E-state index in [4.69, 9.17) is 14.7 Å². The molecular formula is C24H32N6O2. The molecule has 0 bridgehead atoms. The van der Waals surface area contributed by atoms with E-state index in [2.05, 4.69) is 21.3 Å². The number of H-pyrrole nitrogens is 1. The number of ether oxygens (including phenoxy) is 1. The largest absolute Gasteiger partial charge is 0.496 e. The highest BCUT2D eigenvalue weighted by Crippen LogP contribution is 2.34. The molecule has 1 aromatic carbocycles. The van der Waals surface area contributed by atoms with Crippen LogP contribution < -0.4 is 20.6 Å². The Balaban J connectivity index is 1.54. The van der Waals surface area contributed by atoms with Gasteiger partial charge in [-0.05, 0) is 44.9 Å². The van der Waals surface area contributed by atoms with Crippen molar-refractivity contribution in [3.8, 4) is 17.1 Å². The Labute approximate surface area is 188 Å². The third-order valence-corrected chi connectivity index (χ3v) is 6.81. The van der Waals surface area contributed by atoms with Crippen molar-refractivity contribution in [1.82, 2.24) is 24.7 Å². The second kappa shape index (κ2) is 8.94. The Morgan fingerprint density at radius 1 is 1.06 bits per heavy atom. The second-order valence-electron chi connectivity index (χ2n) is 8.92. The van der Waals surface area contributed by atoms with Crippen LogP contribution in [0.15, 0.2) is 23.0 Å². The summed E-state index contributed by atoms with van der Waals surface area (Å²) in [5, 5.41) is 3.44. The first-order valence-corrected chi connectivity index (χ1v) is 11.8. The molecule has 0 radical (unpaired) electrons. The minimum Gasteiger partial charge on any atom is -0.496 e. The molecule has 1 saturated carbocycles. The van der Waals surface area contributed by atoms with Crippen molar-refractivity contribution < 1.29 is 4.74 Å². The summed E-state index contributed by atoms with van der Waals surface area (Å²) in [7, 11) is 1.66. The number of anilines is 1. The van der Waals surface area contributed by atoms with Crippen LogP contribution in [0.4, 0.5) is 5.69 Å². The predicted molar refractivity (Wildman–Crippen MR) is 126 cm³/mol. The fourth-order valence-electron chi connectivity index (χ4n) is 5.10. The van der Waals surface area contributed by atoms with E-state index in [9.17, 15) is 4.79 Å². The summed E-state index contributed by atoms with van der Waals surface area (Å²) in [5.41, 5.74) is 3.15. The first-order chi connectivity index (χ1) is 15.7. The van der Waals surface area contributed by atoms with Crippen LogP contribution in [0.1, 0.15) is 56.0 Å². The van der Waals surface area contributed by atoms with Gasteiger partial charge in [0.1, 0.15) is 17.4 Å². The molecule has 1 aliphatic carbocycles. The van der Waals surface area contributed by atoms with Crippen LogP contribution in [0.5, 0.6) is 5.75 Å². The highest BCUT2D eigenvalue weighted by molar-refractivity contribution is 5.70. The van der Waals surface area contributed by atoms with Crippen molar-refractivity contribution in [2.75, 3.05) is 38.2 Å². The van der Waals surface area contributed by atoms with Crippen LogP contribution in [0.25, 0.3) is 17.0 Å². The summed E-state index contributed by atoms with van der Waals surface area (Å²) in [6.07, 6.45) is 6.93. The Bertz CT molecular complexity index is 1150. The summed E-state index contributed by atoms with van der Waals surface area (Å²) in [5.74, 6) is 2.41. The van der Waals surface area contributed by atoms with Crippen LogP contribution >= 0.6 is 0 Å². The fourth-order valence-corrected chi connectivity index (χ4v) is 5.10. The molecule has 5 rings (SSSR count). The van der Waals surface area contributed by atoms with Gasteiger partial charge in [-0.1, -0.05) is 19.3 Å². The maximum absolute atomic E-state index is 13.2. The number of fused-ring (bicyclic) bond motifs is 1. The van der Waals surface area contributed by atoms with Crippen LogP contribution in [0.3, 0.4) is 0 Å². The molecule has 3 heterocycles. The average Bonchev–Trinajstić information content (AvgIpc) is 2.99. The molecule has 1 aliphatic heterocycles. The van der Waals surface area contributed by atoms with E-state index in [0.29, 0.717) is 23.1 Å². The lowest BCUT2D eigenvalue weighted by Gasteiger charge is -2.23. The number of hydrogen-bond donors (Lipinski definition) is 2. The molecule has 2 fully saturated rings. The lowest BCUT2D eigenvalue weighted by molar-refractivity contribution is 0.416. The molecule has 3 aromatic rings. The number of nitrogens with zero attached hydrogens (tertiary/aromatic N) is 4. The molecule has 0 atom stereocenters. The van der Waals surface area contributed by atoms with Crippen LogP contribution in [0, 0.1) is 6.92 Å². The minimum absolute atomic E-state index is 0.184. The fraction of sp³-hybridized carbons (Fsp3) is 0.542. The van der Waals surface area contributed by atoms with Gasteiger partial charge in [-0.3, -0.25) is 4.98 Å². The number of hydrogen-bond acceptors (Lipinski definition) is 6. The molecule has 0 unspecified atom stereocenters. The predicted octanol–water partition coefficient (Wildman–Crippen LogP) is 3.25. The lowest BCUT2D eigenvalue weighted by Crippen LogP contribution is -2.27. The maximum Gasteiger partial charge on any atom is 0.334 e. The molecule has 2 aromatic heterocycles. The number of benzene rings is 1. The number of aromatic amines is 1. The molecule has 2 N–H and O–H groups in total. The van der Waals surface area contributed by atoms with Gasteiger partial charge in [0.25, 0.3) is 0 Å². The average molecular weight is 437 g/mol. The van der Waals surface area contributed by atoms with Gasteiger partial charge in [0.2, 0.25) is 0 Å². The number of aryl methyl sites for hydroxylation is 1. The zero-order chi connectivity index (χ0) is 22.1. The van der Waals surface area contributed by atoms with Crippen molar-refractivity contribution >= 4 is 11.3 Å². The van der Waals surface area contributed by atoms with Gasteiger partial charge < -0.3 is 15.0 Å². The van der Waals surface area contributed by atoms with Gasteiger partial charge in [0.05, 0.1) is 18.4 Å². The first kappa shape index (κ1) is 21.0. The van der Waals surface area contributed by atoms with Crippen LogP contribution in [-0.2, 0) is 0 Å². The zero-order valence-electron chi connectivity index (χ0n) is 19.0. The van der Waals surface area contributed by atoms with Crippen molar-refractivity contribution in [2.45, 2.75) is 51.4 Å². The van der Waals surface area contributed by atoms with E-state index in [-0.39, 0.29) is 5.69 Å². The van der Waals surface area contributed by atoms with E-state index in [1.807, 2.05) is 19.1 Å². The van der Waals surface area contributed by atoms with Crippen molar-refractivity contribution in [3.63, 3.8) is 0 Å². The van der Waals surface area contributed by atoms with Gasteiger partial charge in [-0.2, -0.15) is 0 Å². The molecule has 1 saturated heterocycles. The zero-order valence-corrected chi connectivity index (χ0v) is 19.0. The van der Waals surface area contributed by atoms with Crippen molar-refractivity contribution in [3.05, 3.63) is 40.2 Å². The Morgan fingerprint density at radius 2 is 1.91 bits per heavy atom. The third-order valence-electron chi connectivity index (χ3n) is 6.81. The minimum atomic E-state index is -0.184. The topological polar surface area (TPSA) is 87.5 Å². The lowest BCUT2D eigenvalue weighted by atomic mass is 9.89. The molecular weight excluding hydrogens is 404 g/mol. The van der Waals surface area contributed by atoms with Gasteiger partial charge in [-0.15, -0.1) is 0 Å². The number of aromatic nitrogens is 4. The standard InChI is InChI=1S/C24H32N6O2/c1-16-22-27-21(28-24(31)30(22)23(26-16)17-7-4-3-5-8-17)19-10-9-18(15-20(19)32-2)29-13-6-11-25-12-14-29/h9-10,15,17,25H,3-8,11-14H2,1-2H3,(H,27,28,31). The quantitative estimate of drug-likeness (QED) is 0.653. The smallest absolute Gasteiger partial charge is 0.334 e. The molecule has 170 valence electrons. The summed E-state index contributed by atoms with van der Waals surface area (Å²) < 4.78 is 7.40. The SMILES string of the molecule is COc1cc(N2CCCNCC2)ccc1-c1nc2c(C)nc(C3CCCCC3)n2c(=O)[nH]1. The molecule has 8 heteroatoms. The van der Waals surface area contributed by atoms with Gasteiger partial charge in [0, 0.05) is 37.3 Å². The van der Waals surface area contributed by atoms with Crippen LogP contribution in [-0.4, -0.2) is 52.6 Å². The van der Waals surface area contributed by atoms with E-state index >= 15 is 0 Å². The molecule has 8 nitrogen and oxygen atoms in total. The van der Waals surface area contributed by atoms with E-state index in [0.717, 1.165) is 68.2 Å². The summed E-state index contributed by atoms with van der Waals surface area (Å²) >= 11 is 0. The summed E-state index contributed by atoms with van der Waals surface area (Å²) in [6.45, 7) is 5.92. The summed E-state index contributed by atoms with van der Waals surface area (Å²) in [6, 6.07) is 6.13. The van der Waals surface area contributed by atoms with Gasteiger partial charge >= 0.3 is 5.69 Å². The number of rotatable bonds is 4. The van der Waals surface area contributed by atoms with Crippen LogP contribution in [0.2, 0.25) is 0 Å².